The number of ether oxygens (including phenoxy) is 2. The molecule has 1 saturated carbocycles. The molecule has 10 nitrogen and oxygen atoms in total. The van der Waals surface area contributed by atoms with Crippen LogP contribution in [0.2, 0.25) is 0 Å². The molecule has 0 atom stereocenters. The third-order valence-corrected chi connectivity index (χ3v) is 5.50. The number of amides is 1. The molecule has 2 fully saturated rings. The summed E-state index contributed by atoms with van der Waals surface area (Å²) < 4.78 is 9.58. The van der Waals surface area contributed by atoms with E-state index in [2.05, 4.69) is 30.7 Å². The lowest BCUT2D eigenvalue weighted by Gasteiger charge is -2.43. The minimum absolute atomic E-state index is 0.126. The maximum absolute atomic E-state index is 12.6. The summed E-state index contributed by atoms with van der Waals surface area (Å²) in [5, 5.41) is 9.43. The number of H-pyrrole nitrogens is 1. The van der Waals surface area contributed by atoms with E-state index in [9.17, 15) is 9.59 Å². The zero-order valence-electron chi connectivity index (χ0n) is 16.2. The van der Waals surface area contributed by atoms with Crippen LogP contribution in [0, 0.1) is 11.3 Å². The molecule has 3 heterocycles. The number of nitrogens with zero attached hydrogens (tertiary/aromatic N) is 5. The number of unbranched alkanes of at least 4 members (excludes halogenated alkanes) is 1. The minimum atomic E-state index is -0.813. The van der Waals surface area contributed by atoms with Crippen LogP contribution in [0.5, 0.6) is 5.88 Å². The van der Waals surface area contributed by atoms with Crippen molar-refractivity contribution < 1.29 is 19.1 Å². The van der Waals surface area contributed by atoms with Crippen LogP contribution in [0.4, 0.5) is 10.6 Å². The second-order valence-electron chi connectivity index (χ2n) is 7.35. The molecule has 1 spiro atoms. The molecule has 1 N–H and O–H groups in total. The molecule has 2 aromatic heterocycles. The number of carbonyl (C=O) groups excluding carboxylic acids is 2. The van der Waals surface area contributed by atoms with Gasteiger partial charge in [0.25, 0.3) is 0 Å². The monoisotopic (exact) mass is 398 g/mol. The predicted octanol–water partition coefficient (Wildman–Crippen LogP) is 1.98. The van der Waals surface area contributed by atoms with Gasteiger partial charge < -0.3 is 24.3 Å². The van der Waals surface area contributed by atoms with Crippen molar-refractivity contribution in [3.63, 3.8) is 0 Å². The number of aromatic amines is 1. The average Bonchev–Trinajstić information content (AvgIpc) is 3.34. The lowest BCUT2D eigenvalue weighted by atomic mass is 10.1. The van der Waals surface area contributed by atoms with Gasteiger partial charge in [0.05, 0.1) is 24.1 Å². The Hall–Kier alpha value is -3.35. The number of nitriles is 1. The SMILES string of the molecule is COC(=O)Oc1cc2c(N3CCN(C(=O)CCCC#N)C4(CC4)C3)ncnc2[nH]1. The third kappa shape index (κ3) is 3.68. The van der Waals surface area contributed by atoms with Crippen molar-refractivity contribution in [2.45, 2.75) is 37.6 Å². The summed E-state index contributed by atoms with van der Waals surface area (Å²) in [6, 6.07) is 3.77. The van der Waals surface area contributed by atoms with E-state index in [1.807, 2.05) is 4.90 Å². The Balaban J connectivity index is 1.52. The molecular formula is C19H22N6O4. The maximum Gasteiger partial charge on any atom is 0.514 e. The highest BCUT2D eigenvalue weighted by molar-refractivity contribution is 5.89. The molecular weight excluding hydrogens is 376 g/mol. The molecule has 2 aliphatic rings. The highest BCUT2D eigenvalue weighted by atomic mass is 16.7. The molecule has 1 amide bonds. The molecule has 0 radical (unpaired) electrons. The van der Waals surface area contributed by atoms with Crippen LogP contribution in [0.3, 0.4) is 0 Å². The largest absolute Gasteiger partial charge is 0.514 e. The molecule has 152 valence electrons. The van der Waals surface area contributed by atoms with E-state index in [1.165, 1.54) is 13.4 Å². The molecule has 2 aromatic rings. The molecule has 10 heteroatoms. The highest BCUT2D eigenvalue weighted by Gasteiger charge is 2.53. The lowest BCUT2D eigenvalue weighted by molar-refractivity contribution is -0.135. The zero-order valence-corrected chi connectivity index (χ0v) is 16.2. The first-order valence-electron chi connectivity index (χ1n) is 9.58. The van der Waals surface area contributed by atoms with E-state index in [4.69, 9.17) is 10.00 Å². The van der Waals surface area contributed by atoms with E-state index in [0.717, 1.165) is 24.0 Å². The topological polar surface area (TPSA) is 124 Å². The summed E-state index contributed by atoms with van der Waals surface area (Å²) >= 11 is 0. The van der Waals surface area contributed by atoms with Gasteiger partial charge in [-0.25, -0.2) is 14.8 Å². The van der Waals surface area contributed by atoms with Gasteiger partial charge in [-0.05, 0) is 19.3 Å². The van der Waals surface area contributed by atoms with Crippen molar-refractivity contribution in [3.05, 3.63) is 12.4 Å². The summed E-state index contributed by atoms with van der Waals surface area (Å²) in [5.74, 6) is 1.11. The van der Waals surface area contributed by atoms with Crippen molar-refractivity contribution in [3.8, 4) is 11.9 Å². The minimum Gasteiger partial charge on any atom is -0.437 e. The number of aromatic nitrogens is 3. The summed E-state index contributed by atoms with van der Waals surface area (Å²) in [7, 11) is 1.24. The van der Waals surface area contributed by atoms with Crippen LogP contribution < -0.4 is 9.64 Å². The molecule has 1 aliphatic carbocycles. The van der Waals surface area contributed by atoms with E-state index in [0.29, 0.717) is 44.5 Å². The first kappa shape index (κ1) is 19.0. The fraction of sp³-hybridized carbons (Fsp3) is 0.526. The van der Waals surface area contributed by atoms with Crippen LogP contribution in [-0.4, -0.2) is 64.2 Å². The second-order valence-corrected chi connectivity index (χ2v) is 7.35. The first-order valence-corrected chi connectivity index (χ1v) is 9.58. The second kappa shape index (κ2) is 7.58. The van der Waals surface area contributed by atoms with Crippen molar-refractivity contribution in [1.82, 2.24) is 19.9 Å². The molecule has 1 saturated heterocycles. The van der Waals surface area contributed by atoms with Crippen LogP contribution in [0.25, 0.3) is 11.0 Å². The highest BCUT2D eigenvalue weighted by Crippen LogP contribution is 2.46. The first-order chi connectivity index (χ1) is 14.1. The van der Waals surface area contributed by atoms with Gasteiger partial charge in [0.1, 0.15) is 17.8 Å². The van der Waals surface area contributed by atoms with Gasteiger partial charge in [-0.1, -0.05) is 0 Å². The molecule has 0 unspecified atom stereocenters. The number of hydrogen-bond acceptors (Lipinski definition) is 8. The summed E-state index contributed by atoms with van der Waals surface area (Å²) in [5.41, 5.74) is 0.412. The summed E-state index contributed by atoms with van der Waals surface area (Å²) in [6.45, 7) is 1.96. The van der Waals surface area contributed by atoms with Gasteiger partial charge in [-0.15, -0.1) is 0 Å². The number of methoxy groups -OCH3 is 1. The van der Waals surface area contributed by atoms with Crippen molar-refractivity contribution >= 4 is 28.9 Å². The van der Waals surface area contributed by atoms with Crippen molar-refractivity contribution in [2.24, 2.45) is 0 Å². The Morgan fingerprint density at radius 3 is 2.90 bits per heavy atom. The lowest BCUT2D eigenvalue weighted by Crippen LogP contribution is -2.57. The van der Waals surface area contributed by atoms with Crippen LogP contribution in [0.15, 0.2) is 12.4 Å². The van der Waals surface area contributed by atoms with Gasteiger partial charge in [-0.3, -0.25) is 4.79 Å². The molecule has 29 heavy (non-hydrogen) atoms. The van der Waals surface area contributed by atoms with Gasteiger partial charge in [0.2, 0.25) is 11.8 Å². The van der Waals surface area contributed by atoms with Crippen LogP contribution in [-0.2, 0) is 9.53 Å². The van der Waals surface area contributed by atoms with E-state index >= 15 is 0 Å². The standard InChI is InChI=1S/C19H22N6O4/c1-28-18(27)29-14-10-13-16(23-14)21-12-22-17(13)24-8-9-25(19(11-24)5-6-19)15(26)4-2-3-7-20/h10,12H,2-6,8-9,11H2,1H3,(H,21,22,23). The van der Waals surface area contributed by atoms with Crippen LogP contribution >= 0.6 is 0 Å². The molecule has 4 rings (SSSR count). The smallest absolute Gasteiger partial charge is 0.437 e. The molecule has 0 aromatic carbocycles. The Kier molecular flexibility index (Phi) is 4.96. The number of hydrogen-bond donors (Lipinski definition) is 1. The normalized spacial score (nSPS) is 17.2. The zero-order chi connectivity index (χ0) is 20.4. The quantitative estimate of drug-likeness (QED) is 0.599. The van der Waals surface area contributed by atoms with E-state index in [1.54, 1.807) is 6.07 Å². The van der Waals surface area contributed by atoms with Crippen LogP contribution in [0.1, 0.15) is 32.1 Å². The van der Waals surface area contributed by atoms with Gasteiger partial charge >= 0.3 is 6.16 Å². The fourth-order valence-electron chi connectivity index (χ4n) is 3.91. The molecule has 1 aliphatic heterocycles. The molecule has 0 bridgehead atoms. The van der Waals surface area contributed by atoms with Crippen molar-refractivity contribution in [1.29, 1.82) is 5.26 Å². The maximum atomic E-state index is 12.6. The Morgan fingerprint density at radius 2 is 2.17 bits per heavy atom. The fourth-order valence-corrected chi connectivity index (χ4v) is 3.91. The van der Waals surface area contributed by atoms with Gasteiger partial charge in [0.15, 0.2) is 0 Å². The number of nitrogens with one attached hydrogen (secondary N) is 1. The Morgan fingerprint density at radius 1 is 1.34 bits per heavy atom. The summed E-state index contributed by atoms with van der Waals surface area (Å²) in [6.07, 6.45) is 4.00. The summed E-state index contributed by atoms with van der Waals surface area (Å²) in [4.78, 5) is 39.7. The predicted molar refractivity (Wildman–Crippen MR) is 102 cm³/mol. The Labute approximate surface area is 167 Å². The Bertz CT molecular complexity index is 977. The average molecular weight is 398 g/mol. The van der Waals surface area contributed by atoms with E-state index < -0.39 is 6.16 Å². The number of anilines is 1. The van der Waals surface area contributed by atoms with Gasteiger partial charge in [0, 0.05) is 38.5 Å². The number of piperazine rings is 1. The third-order valence-electron chi connectivity index (χ3n) is 5.50. The number of carbonyl (C=O) groups is 2. The van der Waals surface area contributed by atoms with Crippen molar-refractivity contribution in [2.75, 3.05) is 31.6 Å². The van der Waals surface area contributed by atoms with Gasteiger partial charge in [-0.2, -0.15) is 5.26 Å². The number of rotatable bonds is 5. The number of fused-ring (bicyclic) bond motifs is 1. The van der Waals surface area contributed by atoms with E-state index in [-0.39, 0.29) is 17.3 Å².